The largest absolute Gasteiger partial charge is 0.495 e. The standard InChI is InChI=1S/C45H43N7O8S/c1-50(2)61(57,58)28-41(54)32-12-15-36(38(21-32)49-45(56)43-22-40(53)37-7-5-6-8-42(37)60-43)44(55)48-34-13-9-29(10-14-34)17-18-52(27-31-20-35(59-4)25-46-23-31)26-30-11-16-39-33(19-30)24-47-51(39)3/h5-16,19-25H,17-18,26-28H2,1-4H3,(H,48,55)(H,49,56). The molecule has 2 amide bonds. The lowest BCUT2D eigenvalue weighted by Gasteiger charge is -2.23. The summed E-state index contributed by atoms with van der Waals surface area (Å²) in [4.78, 5) is 59.8. The van der Waals surface area contributed by atoms with Crippen LogP contribution in [0.5, 0.6) is 5.75 Å². The summed E-state index contributed by atoms with van der Waals surface area (Å²) < 4.78 is 38.9. The summed E-state index contributed by atoms with van der Waals surface area (Å²) in [5.74, 6) is -2.71. The van der Waals surface area contributed by atoms with Crippen LogP contribution in [0.3, 0.4) is 0 Å². The summed E-state index contributed by atoms with van der Waals surface area (Å²) in [6.45, 7) is 2.01. The van der Waals surface area contributed by atoms with Gasteiger partial charge in [0.05, 0.1) is 41.7 Å². The Morgan fingerprint density at radius 2 is 1.57 bits per heavy atom. The number of amides is 2. The van der Waals surface area contributed by atoms with E-state index in [1.807, 2.05) is 42.3 Å². The van der Waals surface area contributed by atoms with Crippen molar-refractivity contribution in [1.82, 2.24) is 24.0 Å². The number of benzene rings is 4. The number of ether oxygens (including phenoxy) is 1. The number of anilines is 2. The van der Waals surface area contributed by atoms with E-state index in [-0.39, 0.29) is 33.5 Å². The van der Waals surface area contributed by atoms with Crippen LogP contribution in [0.2, 0.25) is 0 Å². The summed E-state index contributed by atoms with van der Waals surface area (Å²) in [6.07, 6.45) is 6.06. The Bertz CT molecular complexity index is 2940. The lowest BCUT2D eigenvalue weighted by atomic mass is 10.0. The van der Waals surface area contributed by atoms with Gasteiger partial charge in [-0.15, -0.1) is 0 Å². The number of methoxy groups -OCH3 is 1. The molecule has 2 N–H and O–H groups in total. The second kappa shape index (κ2) is 18.1. The van der Waals surface area contributed by atoms with Crippen molar-refractivity contribution in [3.8, 4) is 5.75 Å². The normalized spacial score (nSPS) is 11.6. The Balaban J connectivity index is 1.08. The maximum atomic E-state index is 13.8. The first kappa shape index (κ1) is 42.1. The molecule has 7 aromatic rings. The third kappa shape index (κ3) is 10.1. The Morgan fingerprint density at radius 1 is 0.820 bits per heavy atom. The third-order valence-corrected chi connectivity index (χ3v) is 11.9. The van der Waals surface area contributed by atoms with Crippen molar-refractivity contribution in [1.29, 1.82) is 0 Å². The van der Waals surface area contributed by atoms with E-state index in [0.29, 0.717) is 37.5 Å². The van der Waals surface area contributed by atoms with Gasteiger partial charge in [0.15, 0.2) is 17.0 Å². The van der Waals surface area contributed by atoms with Gasteiger partial charge in [-0.2, -0.15) is 5.10 Å². The summed E-state index contributed by atoms with van der Waals surface area (Å²) in [7, 11) is 2.24. The predicted molar refractivity (Wildman–Crippen MR) is 232 cm³/mol. The monoisotopic (exact) mass is 841 g/mol. The van der Waals surface area contributed by atoms with E-state index in [1.54, 1.807) is 49.7 Å². The molecule has 0 atom stereocenters. The highest BCUT2D eigenvalue weighted by Gasteiger charge is 2.24. The summed E-state index contributed by atoms with van der Waals surface area (Å²) in [5.41, 5.74) is 4.24. The van der Waals surface area contributed by atoms with Crippen molar-refractivity contribution in [3.63, 3.8) is 0 Å². The highest BCUT2D eigenvalue weighted by molar-refractivity contribution is 7.89. The molecule has 16 heteroatoms. The van der Waals surface area contributed by atoms with Gasteiger partial charge in [-0.3, -0.25) is 33.7 Å². The zero-order valence-electron chi connectivity index (χ0n) is 33.9. The molecule has 0 aliphatic heterocycles. The van der Waals surface area contributed by atoms with E-state index < -0.39 is 38.8 Å². The van der Waals surface area contributed by atoms with Crippen molar-refractivity contribution in [2.45, 2.75) is 19.5 Å². The molecular formula is C45H43N7O8S. The number of sulfonamides is 1. The van der Waals surface area contributed by atoms with Crippen LogP contribution in [0.15, 0.2) is 125 Å². The molecule has 0 fully saturated rings. The van der Waals surface area contributed by atoms with Gasteiger partial charge in [-0.1, -0.05) is 36.4 Å². The van der Waals surface area contributed by atoms with Crippen LogP contribution in [0.4, 0.5) is 11.4 Å². The smallest absolute Gasteiger partial charge is 0.291 e. The number of pyridine rings is 1. The number of ketones is 1. The average molecular weight is 842 g/mol. The average Bonchev–Trinajstić information content (AvgIpc) is 3.62. The molecule has 0 saturated heterocycles. The van der Waals surface area contributed by atoms with Crippen molar-refractivity contribution < 1.29 is 32.0 Å². The van der Waals surface area contributed by atoms with E-state index in [0.717, 1.165) is 38.0 Å². The number of nitrogens with one attached hydrogen (secondary N) is 2. The molecule has 0 unspecified atom stereocenters. The summed E-state index contributed by atoms with van der Waals surface area (Å²) >= 11 is 0. The zero-order valence-corrected chi connectivity index (χ0v) is 34.7. The van der Waals surface area contributed by atoms with E-state index in [4.69, 9.17) is 9.15 Å². The van der Waals surface area contributed by atoms with Gasteiger partial charge >= 0.3 is 0 Å². The SMILES string of the molecule is COc1cncc(CN(CCc2ccc(NC(=O)c3ccc(C(=O)CS(=O)(=O)N(C)C)cc3NC(=O)c3cc(=O)c4ccccc4o3)cc2)Cc2ccc3c(cnn3C)c2)c1. The van der Waals surface area contributed by atoms with Gasteiger partial charge in [-0.25, -0.2) is 12.7 Å². The molecule has 4 aromatic carbocycles. The van der Waals surface area contributed by atoms with Gasteiger partial charge in [0.2, 0.25) is 10.0 Å². The lowest BCUT2D eigenvalue weighted by Crippen LogP contribution is -2.29. The first-order valence-corrected chi connectivity index (χ1v) is 20.8. The molecule has 7 rings (SSSR count). The van der Waals surface area contributed by atoms with Gasteiger partial charge in [0.1, 0.15) is 17.1 Å². The van der Waals surface area contributed by atoms with Gasteiger partial charge in [0.25, 0.3) is 11.8 Å². The topological polar surface area (TPSA) is 186 Å². The number of para-hydroxylation sites is 1. The highest BCUT2D eigenvalue weighted by Crippen LogP contribution is 2.24. The number of nitrogens with zero attached hydrogens (tertiary/aromatic N) is 5. The minimum Gasteiger partial charge on any atom is -0.495 e. The van der Waals surface area contributed by atoms with Crippen LogP contribution in [0.1, 0.15) is 48.0 Å². The molecule has 0 spiro atoms. The van der Waals surface area contributed by atoms with Gasteiger partial charge in [0, 0.05) is 69.7 Å². The first-order valence-electron chi connectivity index (χ1n) is 19.2. The number of hydrogen-bond donors (Lipinski definition) is 2. The number of hydrogen-bond acceptors (Lipinski definition) is 11. The third-order valence-electron chi connectivity index (χ3n) is 10.1. The fraction of sp³-hybridized carbons (Fsp3) is 0.200. The van der Waals surface area contributed by atoms with Crippen LogP contribution < -0.4 is 20.8 Å². The Hall–Kier alpha value is -7.01. The molecule has 0 saturated carbocycles. The molecule has 0 radical (unpaired) electrons. The van der Waals surface area contributed by atoms with E-state index in [9.17, 15) is 27.6 Å². The number of aryl methyl sites for hydroxylation is 1. The van der Waals surface area contributed by atoms with Crippen LogP contribution >= 0.6 is 0 Å². The Kier molecular flexibility index (Phi) is 12.5. The van der Waals surface area contributed by atoms with E-state index in [1.165, 1.54) is 32.3 Å². The van der Waals surface area contributed by atoms with E-state index in [2.05, 4.69) is 43.8 Å². The lowest BCUT2D eigenvalue weighted by molar-refractivity contribution is 0.0992. The Morgan fingerprint density at radius 3 is 2.34 bits per heavy atom. The molecule has 312 valence electrons. The van der Waals surface area contributed by atoms with Crippen molar-refractivity contribution in [2.24, 2.45) is 7.05 Å². The number of Topliss-reactive ketones (excluding diaryl/α,β-unsaturated/α-hetero) is 1. The molecule has 15 nitrogen and oxygen atoms in total. The van der Waals surface area contributed by atoms with Crippen LogP contribution in [0.25, 0.3) is 21.9 Å². The molecule has 3 heterocycles. The van der Waals surface area contributed by atoms with Crippen LogP contribution in [-0.4, -0.2) is 83.5 Å². The first-order chi connectivity index (χ1) is 29.3. The minimum atomic E-state index is -3.91. The van der Waals surface area contributed by atoms with Crippen LogP contribution in [-0.2, 0) is 36.6 Å². The van der Waals surface area contributed by atoms with Crippen molar-refractivity contribution in [3.05, 3.63) is 159 Å². The molecule has 61 heavy (non-hydrogen) atoms. The maximum Gasteiger partial charge on any atom is 0.291 e. The van der Waals surface area contributed by atoms with Crippen molar-refractivity contribution in [2.75, 3.05) is 44.1 Å². The van der Waals surface area contributed by atoms with Crippen LogP contribution in [0, 0.1) is 0 Å². The second-order valence-electron chi connectivity index (χ2n) is 14.7. The number of carbonyl (C=O) groups is 3. The zero-order chi connectivity index (χ0) is 43.3. The summed E-state index contributed by atoms with van der Waals surface area (Å²) in [6, 6.07) is 27.0. The predicted octanol–water partition coefficient (Wildman–Crippen LogP) is 5.91. The number of rotatable bonds is 16. The van der Waals surface area contributed by atoms with Crippen molar-refractivity contribution >= 4 is 60.9 Å². The molecular weight excluding hydrogens is 799 g/mol. The second-order valence-corrected chi connectivity index (χ2v) is 16.8. The number of fused-ring (bicyclic) bond motifs is 2. The molecule has 3 aromatic heterocycles. The highest BCUT2D eigenvalue weighted by atomic mass is 32.2. The van der Waals surface area contributed by atoms with Gasteiger partial charge in [-0.05, 0) is 77.7 Å². The fourth-order valence-corrected chi connectivity index (χ4v) is 7.50. The molecule has 0 bridgehead atoms. The summed E-state index contributed by atoms with van der Waals surface area (Å²) in [5, 5.41) is 11.2. The van der Waals surface area contributed by atoms with Gasteiger partial charge < -0.3 is 19.8 Å². The number of carbonyl (C=O) groups excluding carboxylic acids is 3. The fourth-order valence-electron chi connectivity index (χ4n) is 6.74. The maximum absolute atomic E-state index is 13.8. The Labute approximate surface area is 351 Å². The van der Waals surface area contributed by atoms with E-state index >= 15 is 0 Å². The molecule has 0 aliphatic rings. The number of aromatic nitrogens is 3. The minimum absolute atomic E-state index is 0.0280. The quantitative estimate of drug-likeness (QED) is 0.110. The molecule has 0 aliphatic carbocycles.